The van der Waals surface area contributed by atoms with Gasteiger partial charge in [0.1, 0.15) is 0 Å². The first-order chi connectivity index (χ1) is 7.84. The Labute approximate surface area is 92.6 Å². The Kier molecular flexibility index (Phi) is 3.89. The number of hydrogen-bond donors (Lipinski definition) is 2. The van der Waals surface area contributed by atoms with Gasteiger partial charge < -0.3 is 10.2 Å². The SMILES string of the molecule is O=C(O)C(Cc1ccc(O)c(F)c1F)N(F)F. The van der Waals surface area contributed by atoms with Crippen LogP contribution in [0.25, 0.3) is 0 Å². The fourth-order valence-electron chi connectivity index (χ4n) is 1.19. The summed E-state index contributed by atoms with van der Waals surface area (Å²) < 4.78 is 50.3. The van der Waals surface area contributed by atoms with Crippen molar-refractivity contribution in [1.82, 2.24) is 5.34 Å². The van der Waals surface area contributed by atoms with E-state index in [0.717, 1.165) is 12.1 Å². The molecule has 1 aromatic rings. The zero-order chi connectivity index (χ0) is 13.2. The molecular formula is C9H7F4NO3. The van der Waals surface area contributed by atoms with Crippen LogP contribution in [0.4, 0.5) is 17.7 Å². The molecule has 0 saturated heterocycles. The Morgan fingerprint density at radius 1 is 1.29 bits per heavy atom. The molecule has 1 atom stereocenters. The molecule has 0 heterocycles. The Morgan fingerprint density at radius 2 is 1.88 bits per heavy atom. The van der Waals surface area contributed by atoms with Gasteiger partial charge in [-0.25, -0.2) is 4.39 Å². The molecule has 2 N–H and O–H groups in total. The van der Waals surface area contributed by atoms with Crippen molar-refractivity contribution in [2.75, 3.05) is 0 Å². The van der Waals surface area contributed by atoms with Crippen LogP contribution in [-0.2, 0) is 11.2 Å². The van der Waals surface area contributed by atoms with Crippen LogP contribution in [0.2, 0.25) is 0 Å². The van der Waals surface area contributed by atoms with E-state index in [0.29, 0.717) is 0 Å². The first kappa shape index (κ1) is 13.2. The van der Waals surface area contributed by atoms with Crippen LogP contribution in [0.3, 0.4) is 0 Å². The highest BCUT2D eigenvalue weighted by molar-refractivity contribution is 5.73. The first-order valence-corrected chi connectivity index (χ1v) is 4.34. The van der Waals surface area contributed by atoms with Gasteiger partial charge in [-0.05, 0) is 11.6 Å². The molecule has 4 nitrogen and oxygen atoms in total. The molecule has 0 fully saturated rings. The molecule has 1 unspecified atom stereocenters. The number of carboxylic acids is 1. The highest BCUT2D eigenvalue weighted by atomic mass is 19.4. The lowest BCUT2D eigenvalue weighted by Crippen LogP contribution is -2.33. The maximum absolute atomic E-state index is 13.2. The van der Waals surface area contributed by atoms with Crippen molar-refractivity contribution in [2.45, 2.75) is 12.5 Å². The molecular weight excluding hydrogens is 246 g/mol. The molecule has 0 bridgehead atoms. The molecule has 0 saturated carbocycles. The summed E-state index contributed by atoms with van der Waals surface area (Å²) in [6, 6.07) is -0.686. The summed E-state index contributed by atoms with van der Waals surface area (Å²) >= 11 is 0. The van der Waals surface area contributed by atoms with E-state index < -0.39 is 46.7 Å². The molecule has 0 radical (unpaired) electrons. The van der Waals surface area contributed by atoms with Gasteiger partial charge in [0.25, 0.3) is 0 Å². The third-order valence-electron chi connectivity index (χ3n) is 2.08. The van der Waals surface area contributed by atoms with E-state index in [1.165, 1.54) is 0 Å². The Morgan fingerprint density at radius 3 is 2.35 bits per heavy atom. The van der Waals surface area contributed by atoms with Gasteiger partial charge in [-0.3, -0.25) is 4.79 Å². The van der Waals surface area contributed by atoms with Gasteiger partial charge in [-0.2, -0.15) is 4.39 Å². The van der Waals surface area contributed by atoms with Crippen LogP contribution in [0.15, 0.2) is 12.1 Å². The fourth-order valence-corrected chi connectivity index (χ4v) is 1.19. The number of nitrogens with zero attached hydrogens (tertiary/aromatic N) is 1. The van der Waals surface area contributed by atoms with E-state index in [1.807, 2.05) is 0 Å². The normalized spacial score (nSPS) is 12.8. The molecule has 0 amide bonds. The number of phenols is 1. The minimum atomic E-state index is -2.28. The predicted octanol–water partition coefficient (Wildman–Crippen LogP) is 1.74. The number of aromatic hydroxyl groups is 1. The molecule has 17 heavy (non-hydrogen) atoms. The Bertz CT molecular complexity index is 438. The molecule has 1 aromatic carbocycles. The van der Waals surface area contributed by atoms with Crippen molar-refractivity contribution < 1.29 is 32.8 Å². The van der Waals surface area contributed by atoms with E-state index in [2.05, 4.69) is 0 Å². The summed E-state index contributed by atoms with van der Waals surface area (Å²) in [5.41, 5.74) is -0.562. The van der Waals surface area contributed by atoms with Crippen molar-refractivity contribution >= 4 is 5.97 Å². The zero-order valence-electron chi connectivity index (χ0n) is 8.20. The largest absolute Gasteiger partial charge is 0.505 e. The topological polar surface area (TPSA) is 60.8 Å². The number of halogens is 4. The summed E-state index contributed by atoms with van der Waals surface area (Å²) in [7, 11) is 0. The number of hydrogen-bond acceptors (Lipinski definition) is 3. The second-order valence-electron chi connectivity index (χ2n) is 3.19. The lowest BCUT2D eigenvalue weighted by atomic mass is 10.1. The Hall–Kier alpha value is -1.83. The standard InChI is InChI=1S/C9H7F4NO3/c10-7-4(1-2-6(15)8(7)11)3-5(9(16)17)14(12)13/h1-2,5,15H,3H2,(H,16,17). The first-order valence-electron chi connectivity index (χ1n) is 4.34. The minimum absolute atomic E-state index is 0.562. The average Bonchev–Trinajstić information content (AvgIpc) is 2.24. The molecule has 0 spiro atoms. The van der Waals surface area contributed by atoms with Gasteiger partial charge in [-0.1, -0.05) is 6.07 Å². The number of carbonyl (C=O) groups is 1. The van der Waals surface area contributed by atoms with Gasteiger partial charge in [0.2, 0.25) is 5.82 Å². The monoisotopic (exact) mass is 253 g/mol. The maximum atomic E-state index is 13.2. The van der Waals surface area contributed by atoms with Crippen molar-refractivity contribution in [3.63, 3.8) is 0 Å². The molecule has 8 heteroatoms. The molecule has 0 aromatic heterocycles. The number of benzene rings is 1. The summed E-state index contributed by atoms with van der Waals surface area (Å²) in [5, 5.41) is 15.6. The third kappa shape index (κ3) is 2.84. The third-order valence-corrected chi connectivity index (χ3v) is 2.08. The van der Waals surface area contributed by atoms with Crippen LogP contribution in [0.1, 0.15) is 5.56 Å². The van der Waals surface area contributed by atoms with Crippen molar-refractivity contribution in [2.24, 2.45) is 0 Å². The summed E-state index contributed by atoms with van der Waals surface area (Å²) in [6.07, 6.45) is -0.925. The van der Waals surface area contributed by atoms with Gasteiger partial charge in [0, 0.05) is 11.8 Å². The smallest absolute Gasteiger partial charge is 0.326 e. The average molecular weight is 253 g/mol. The van der Waals surface area contributed by atoms with Gasteiger partial charge in [-0.15, -0.1) is 8.96 Å². The molecule has 94 valence electrons. The molecule has 0 aliphatic rings. The van der Waals surface area contributed by atoms with E-state index in [1.54, 1.807) is 0 Å². The predicted molar refractivity (Wildman–Crippen MR) is 47.2 cm³/mol. The number of carboxylic acid groups (broad SMARTS) is 1. The van der Waals surface area contributed by atoms with E-state index in [-0.39, 0.29) is 0 Å². The van der Waals surface area contributed by atoms with Gasteiger partial charge in [0.15, 0.2) is 17.6 Å². The number of rotatable bonds is 4. The number of aliphatic carboxylic acids is 1. The van der Waals surface area contributed by atoms with Crippen LogP contribution >= 0.6 is 0 Å². The van der Waals surface area contributed by atoms with E-state index in [9.17, 15) is 22.5 Å². The zero-order valence-corrected chi connectivity index (χ0v) is 8.20. The molecule has 0 aliphatic carbocycles. The van der Waals surface area contributed by atoms with Crippen molar-refractivity contribution in [3.05, 3.63) is 29.3 Å². The second-order valence-corrected chi connectivity index (χ2v) is 3.19. The highest BCUT2D eigenvalue weighted by Crippen LogP contribution is 2.23. The van der Waals surface area contributed by atoms with Crippen LogP contribution in [-0.4, -0.2) is 27.6 Å². The Balaban J connectivity index is 3.02. The van der Waals surface area contributed by atoms with E-state index in [4.69, 9.17) is 10.2 Å². The quantitative estimate of drug-likeness (QED) is 0.633. The van der Waals surface area contributed by atoms with Crippen molar-refractivity contribution in [3.8, 4) is 5.75 Å². The maximum Gasteiger partial charge on any atom is 0.326 e. The lowest BCUT2D eigenvalue weighted by Gasteiger charge is -2.12. The van der Waals surface area contributed by atoms with Crippen LogP contribution in [0, 0.1) is 11.6 Å². The van der Waals surface area contributed by atoms with Gasteiger partial charge >= 0.3 is 5.97 Å². The lowest BCUT2D eigenvalue weighted by molar-refractivity contribution is -0.201. The summed E-state index contributed by atoms with van der Waals surface area (Å²) in [4.78, 5) is 10.4. The van der Waals surface area contributed by atoms with Crippen molar-refractivity contribution in [1.29, 1.82) is 0 Å². The highest BCUT2D eigenvalue weighted by Gasteiger charge is 2.28. The molecule has 1 rings (SSSR count). The van der Waals surface area contributed by atoms with Crippen LogP contribution in [0.5, 0.6) is 5.75 Å². The second kappa shape index (κ2) is 5.00. The summed E-state index contributed by atoms with van der Waals surface area (Å²) in [6.45, 7) is 0. The van der Waals surface area contributed by atoms with Gasteiger partial charge in [0.05, 0.1) is 0 Å². The van der Waals surface area contributed by atoms with Crippen LogP contribution < -0.4 is 0 Å². The van der Waals surface area contributed by atoms with E-state index >= 15 is 0 Å². The molecule has 0 aliphatic heterocycles. The number of phenolic OH excluding ortho intramolecular Hbond substituents is 1. The minimum Gasteiger partial charge on any atom is -0.505 e. The summed E-state index contributed by atoms with van der Waals surface area (Å²) in [5.74, 6) is -5.99. The fraction of sp³-hybridized carbons (Fsp3) is 0.222.